The molecular weight excluding hydrogens is 240 g/mol. The minimum absolute atomic E-state index is 0.228. The molecule has 19 heavy (non-hydrogen) atoms. The van der Waals surface area contributed by atoms with Crippen molar-refractivity contribution in [2.24, 2.45) is 17.3 Å². The average Bonchev–Trinajstić information content (AvgIpc) is 3.22. The summed E-state index contributed by atoms with van der Waals surface area (Å²) in [6.45, 7) is 7.13. The fourth-order valence-corrected chi connectivity index (χ4v) is 3.84. The van der Waals surface area contributed by atoms with Crippen molar-refractivity contribution < 1.29 is 9.53 Å². The summed E-state index contributed by atoms with van der Waals surface area (Å²) in [4.78, 5) is 11.5. The Kier molecular flexibility index (Phi) is 3.56. The normalized spacial score (nSPS) is 36.2. The average molecular weight is 266 g/mol. The highest BCUT2D eigenvalue weighted by Crippen LogP contribution is 2.51. The summed E-state index contributed by atoms with van der Waals surface area (Å²) in [5.74, 6) is 1.23. The lowest BCUT2D eigenvalue weighted by Crippen LogP contribution is -2.69. The van der Waals surface area contributed by atoms with Gasteiger partial charge in [-0.15, -0.1) is 0 Å². The molecule has 2 N–H and O–H groups in total. The molecule has 0 aromatic rings. The molecule has 108 valence electrons. The standard InChI is InChI=1S/C15H26N2O2/c1-15(2)12(11-4-3-9-19-13(11)15)16-7-8-17-14(18)10-5-6-10/h10-13,16H,3-9H2,1-2H3,(H,17,18). The van der Waals surface area contributed by atoms with Crippen molar-refractivity contribution in [3.63, 3.8) is 0 Å². The predicted molar refractivity (Wildman–Crippen MR) is 73.8 cm³/mol. The Morgan fingerprint density at radius 2 is 2.05 bits per heavy atom. The van der Waals surface area contributed by atoms with E-state index < -0.39 is 0 Å². The van der Waals surface area contributed by atoms with Gasteiger partial charge in [-0.3, -0.25) is 4.79 Å². The van der Waals surface area contributed by atoms with E-state index in [4.69, 9.17) is 4.74 Å². The second kappa shape index (κ2) is 5.06. The molecule has 0 bridgehead atoms. The Morgan fingerprint density at radius 3 is 2.79 bits per heavy atom. The van der Waals surface area contributed by atoms with E-state index in [1.807, 2.05) is 0 Å². The third kappa shape index (κ3) is 2.52. The van der Waals surface area contributed by atoms with E-state index in [0.29, 0.717) is 24.0 Å². The lowest BCUT2D eigenvalue weighted by atomic mass is 9.55. The zero-order chi connectivity index (χ0) is 13.5. The summed E-state index contributed by atoms with van der Waals surface area (Å²) in [6, 6.07) is 0.538. The first-order chi connectivity index (χ1) is 9.10. The van der Waals surface area contributed by atoms with Crippen molar-refractivity contribution in [2.45, 2.75) is 51.7 Å². The van der Waals surface area contributed by atoms with Gasteiger partial charge in [0.2, 0.25) is 5.91 Å². The van der Waals surface area contributed by atoms with Crippen molar-refractivity contribution >= 4 is 5.91 Å². The van der Waals surface area contributed by atoms with Crippen LogP contribution in [0, 0.1) is 17.3 Å². The highest BCUT2D eigenvalue weighted by molar-refractivity contribution is 5.80. The smallest absolute Gasteiger partial charge is 0.223 e. The molecular formula is C15H26N2O2. The van der Waals surface area contributed by atoms with E-state index in [0.717, 1.165) is 32.5 Å². The maximum Gasteiger partial charge on any atom is 0.223 e. The molecule has 1 saturated heterocycles. The van der Waals surface area contributed by atoms with Crippen LogP contribution in [0.1, 0.15) is 39.5 Å². The molecule has 1 amide bonds. The van der Waals surface area contributed by atoms with E-state index in [2.05, 4.69) is 24.5 Å². The molecule has 3 atom stereocenters. The molecule has 1 heterocycles. The highest BCUT2D eigenvalue weighted by atomic mass is 16.5. The number of carbonyl (C=O) groups is 1. The monoisotopic (exact) mass is 266 g/mol. The third-order valence-electron chi connectivity index (χ3n) is 5.07. The van der Waals surface area contributed by atoms with Gasteiger partial charge in [-0.05, 0) is 25.7 Å². The number of nitrogens with one attached hydrogen (secondary N) is 2. The number of hydrogen-bond acceptors (Lipinski definition) is 3. The first-order valence-electron chi connectivity index (χ1n) is 7.73. The summed E-state index contributed by atoms with van der Waals surface area (Å²) < 4.78 is 5.90. The predicted octanol–water partition coefficient (Wildman–Crippen LogP) is 1.31. The van der Waals surface area contributed by atoms with E-state index in [9.17, 15) is 4.79 Å². The van der Waals surface area contributed by atoms with E-state index in [1.165, 1.54) is 12.8 Å². The second-order valence-electron chi connectivity index (χ2n) is 6.92. The van der Waals surface area contributed by atoms with Crippen LogP contribution < -0.4 is 10.6 Å². The number of rotatable bonds is 5. The molecule has 0 spiro atoms. The Morgan fingerprint density at radius 1 is 1.26 bits per heavy atom. The molecule has 4 heteroatoms. The lowest BCUT2D eigenvalue weighted by molar-refractivity contribution is -0.192. The summed E-state index contributed by atoms with van der Waals surface area (Å²) in [5, 5.41) is 6.64. The van der Waals surface area contributed by atoms with Crippen LogP contribution in [-0.4, -0.2) is 37.7 Å². The molecule has 3 aliphatic rings. The number of hydrogen-bond donors (Lipinski definition) is 2. The van der Waals surface area contributed by atoms with Gasteiger partial charge in [-0.1, -0.05) is 13.8 Å². The molecule has 0 aromatic heterocycles. The van der Waals surface area contributed by atoms with Crippen LogP contribution >= 0.6 is 0 Å². The van der Waals surface area contributed by atoms with Gasteiger partial charge in [0, 0.05) is 43.0 Å². The fraction of sp³-hybridized carbons (Fsp3) is 0.933. The van der Waals surface area contributed by atoms with Crippen molar-refractivity contribution in [3.8, 4) is 0 Å². The summed E-state index contributed by atoms with van der Waals surface area (Å²) >= 11 is 0. The molecule has 0 radical (unpaired) electrons. The minimum Gasteiger partial charge on any atom is -0.377 e. The molecule has 2 saturated carbocycles. The van der Waals surface area contributed by atoms with Crippen molar-refractivity contribution in [3.05, 3.63) is 0 Å². The van der Waals surface area contributed by atoms with E-state index in [-0.39, 0.29) is 11.3 Å². The molecule has 3 fully saturated rings. The maximum atomic E-state index is 11.5. The quantitative estimate of drug-likeness (QED) is 0.738. The Bertz CT molecular complexity index is 352. The topological polar surface area (TPSA) is 50.4 Å². The second-order valence-corrected chi connectivity index (χ2v) is 6.92. The first kappa shape index (κ1) is 13.4. The van der Waals surface area contributed by atoms with Crippen molar-refractivity contribution in [1.29, 1.82) is 0 Å². The molecule has 3 unspecified atom stereocenters. The van der Waals surface area contributed by atoms with Gasteiger partial charge in [0.05, 0.1) is 6.10 Å². The van der Waals surface area contributed by atoms with Gasteiger partial charge >= 0.3 is 0 Å². The SMILES string of the molecule is CC1(C)C(NCCNC(=O)C2CC2)C2CCCOC21. The minimum atomic E-state index is 0.228. The summed E-state index contributed by atoms with van der Waals surface area (Å²) in [7, 11) is 0. The zero-order valence-electron chi connectivity index (χ0n) is 12.1. The van der Waals surface area contributed by atoms with Crippen LogP contribution in [0.2, 0.25) is 0 Å². The van der Waals surface area contributed by atoms with Gasteiger partial charge in [0.15, 0.2) is 0 Å². The number of amides is 1. The van der Waals surface area contributed by atoms with Gasteiger partial charge in [0.25, 0.3) is 0 Å². The van der Waals surface area contributed by atoms with Crippen LogP contribution in [0.4, 0.5) is 0 Å². The van der Waals surface area contributed by atoms with Crippen molar-refractivity contribution in [2.75, 3.05) is 19.7 Å². The first-order valence-corrected chi connectivity index (χ1v) is 7.73. The fourth-order valence-electron chi connectivity index (χ4n) is 3.84. The van der Waals surface area contributed by atoms with Gasteiger partial charge in [-0.2, -0.15) is 0 Å². The summed E-state index contributed by atoms with van der Waals surface area (Å²) in [6.07, 6.45) is 5.06. The molecule has 4 nitrogen and oxygen atoms in total. The molecule has 2 aliphatic carbocycles. The van der Waals surface area contributed by atoms with Gasteiger partial charge in [0.1, 0.15) is 0 Å². The Labute approximate surface area is 115 Å². The third-order valence-corrected chi connectivity index (χ3v) is 5.07. The number of carbonyl (C=O) groups excluding carboxylic acids is 1. The lowest BCUT2D eigenvalue weighted by Gasteiger charge is -2.60. The molecule has 0 aromatic carbocycles. The number of ether oxygens (including phenoxy) is 1. The zero-order valence-corrected chi connectivity index (χ0v) is 12.1. The molecule has 1 aliphatic heterocycles. The van der Waals surface area contributed by atoms with Gasteiger partial charge in [-0.25, -0.2) is 0 Å². The Hall–Kier alpha value is -0.610. The Balaban J connectivity index is 1.40. The van der Waals surface area contributed by atoms with Crippen LogP contribution in [0.15, 0.2) is 0 Å². The van der Waals surface area contributed by atoms with Crippen LogP contribution in [0.3, 0.4) is 0 Å². The molecule has 3 rings (SSSR count). The van der Waals surface area contributed by atoms with Gasteiger partial charge < -0.3 is 15.4 Å². The largest absolute Gasteiger partial charge is 0.377 e. The van der Waals surface area contributed by atoms with Crippen LogP contribution in [0.5, 0.6) is 0 Å². The summed E-state index contributed by atoms with van der Waals surface area (Å²) in [5.41, 5.74) is 0.228. The van der Waals surface area contributed by atoms with E-state index >= 15 is 0 Å². The van der Waals surface area contributed by atoms with Crippen molar-refractivity contribution in [1.82, 2.24) is 10.6 Å². The van der Waals surface area contributed by atoms with Crippen LogP contribution in [0.25, 0.3) is 0 Å². The van der Waals surface area contributed by atoms with Crippen LogP contribution in [-0.2, 0) is 9.53 Å². The highest BCUT2D eigenvalue weighted by Gasteiger charge is 2.57. The maximum absolute atomic E-state index is 11.5. The van der Waals surface area contributed by atoms with E-state index in [1.54, 1.807) is 0 Å². The number of fused-ring (bicyclic) bond motifs is 1.